The first-order valence-electron chi connectivity index (χ1n) is 4.63. The summed E-state index contributed by atoms with van der Waals surface area (Å²) in [6, 6.07) is 4.52. The van der Waals surface area contributed by atoms with Crippen LogP contribution in [0, 0.1) is 5.82 Å². The van der Waals surface area contributed by atoms with Gasteiger partial charge in [0.15, 0.2) is 9.84 Å². The minimum atomic E-state index is -4.00. The molecule has 94 valence electrons. The number of hydrogen-bond acceptors (Lipinski definition) is 3. The van der Waals surface area contributed by atoms with Crippen LogP contribution in [-0.2, 0) is 9.84 Å². The maximum atomic E-state index is 12.9. The molecule has 0 atom stereocenters. The summed E-state index contributed by atoms with van der Waals surface area (Å²) < 4.78 is 33.4. The fourth-order valence-corrected chi connectivity index (χ4v) is 2.76. The van der Waals surface area contributed by atoms with Crippen LogP contribution in [0.4, 0.5) is 4.39 Å². The van der Waals surface area contributed by atoms with E-state index < -0.39 is 25.1 Å². The highest BCUT2D eigenvalue weighted by Crippen LogP contribution is 2.33. The molecule has 1 rings (SSSR count). The molecule has 0 saturated heterocycles. The molecule has 1 aromatic rings. The van der Waals surface area contributed by atoms with E-state index in [0.29, 0.717) is 0 Å². The molecule has 0 amide bonds. The Hall–Kier alpha value is -0.650. The predicted octanol–water partition coefficient (Wildman–Crippen LogP) is 2.57. The largest absolute Gasteiger partial charge is 0.290 e. The molecular formula is C10H9Cl2FO3S. The topological polar surface area (TPSA) is 51.2 Å². The van der Waals surface area contributed by atoms with Crippen molar-refractivity contribution in [2.24, 2.45) is 0 Å². The van der Waals surface area contributed by atoms with Gasteiger partial charge in [0.2, 0.25) is 5.78 Å². The zero-order chi connectivity index (χ0) is 13.3. The molecule has 0 aliphatic heterocycles. The highest BCUT2D eigenvalue weighted by Gasteiger charge is 2.46. The maximum Gasteiger partial charge on any atom is 0.280 e. The quantitative estimate of drug-likeness (QED) is 0.634. The fourth-order valence-electron chi connectivity index (χ4n) is 1.12. The van der Waals surface area contributed by atoms with Gasteiger partial charge in [0, 0.05) is 5.56 Å². The first-order chi connectivity index (χ1) is 7.72. The fraction of sp³-hybridized carbons (Fsp3) is 0.300. The van der Waals surface area contributed by atoms with Crippen LogP contribution in [0.3, 0.4) is 0 Å². The molecule has 0 unspecified atom stereocenters. The summed E-state index contributed by atoms with van der Waals surface area (Å²) in [6.07, 6.45) is 0. The first-order valence-corrected chi connectivity index (χ1v) is 7.03. The van der Waals surface area contributed by atoms with E-state index >= 15 is 0 Å². The number of alkyl halides is 2. The average molecular weight is 299 g/mol. The second-order valence-electron chi connectivity index (χ2n) is 3.26. The Morgan fingerprint density at radius 1 is 1.41 bits per heavy atom. The molecule has 0 N–H and O–H groups in total. The molecule has 0 aromatic heterocycles. The number of ketones is 1. The van der Waals surface area contributed by atoms with Gasteiger partial charge in [-0.15, -0.1) is 0 Å². The van der Waals surface area contributed by atoms with Crippen molar-refractivity contribution in [2.75, 3.05) is 5.75 Å². The smallest absolute Gasteiger partial charge is 0.280 e. The molecule has 0 bridgehead atoms. The van der Waals surface area contributed by atoms with Crippen molar-refractivity contribution in [1.82, 2.24) is 0 Å². The molecule has 0 radical (unpaired) electrons. The highest BCUT2D eigenvalue weighted by atomic mass is 35.5. The third kappa shape index (κ3) is 2.78. The van der Waals surface area contributed by atoms with E-state index in [9.17, 15) is 17.6 Å². The van der Waals surface area contributed by atoms with Crippen molar-refractivity contribution in [1.29, 1.82) is 0 Å². The molecule has 0 spiro atoms. The van der Waals surface area contributed by atoms with Gasteiger partial charge in [-0.1, -0.05) is 42.3 Å². The van der Waals surface area contributed by atoms with Crippen LogP contribution < -0.4 is 0 Å². The van der Waals surface area contributed by atoms with Crippen LogP contribution in [0.1, 0.15) is 17.3 Å². The number of benzene rings is 1. The van der Waals surface area contributed by atoms with Crippen molar-refractivity contribution >= 4 is 38.8 Å². The third-order valence-corrected chi connectivity index (χ3v) is 5.60. The summed E-state index contributed by atoms with van der Waals surface area (Å²) >= 11 is 11.1. The Morgan fingerprint density at radius 3 is 2.47 bits per heavy atom. The van der Waals surface area contributed by atoms with Crippen LogP contribution >= 0.6 is 23.2 Å². The van der Waals surface area contributed by atoms with E-state index in [0.717, 1.165) is 12.1 Å². The predicted molar refractivity (Wildman–Crippen MR) is 64.6 cm³/mol. The summed E-state index contributed by atoms with van der Waals surface area (Å²) in [5.74, 6) is -2.11. The lowest BCUT2D eigenvalue weighted by Gasteiger charge is -2.17. The molecule has 0 saturated carbocycles. The molecule has 0 aliphatic carbocycles. The molecule has 1 aromatic carbocycles. The standard InChI is InChI=1S/C10H9Cl2FO3S/c1-2-17(15,16)10(11,12)9(14)7-4-3-5-8(13)6-7/h3-6H,2H2,1H3. The van der Waals surface area contributed by atoms with E-state index in [1.54, 1.807) is 0 Å². The van der Waals surface area contributed by atoms with Crippen molar-refractivity contribution in [2.45, 2.75) is 10.6 Å². The number of Topliss-reactive ketones (excluding diaryl/α,β-unsaturated/α-hetero) is 1. The molecule has 7 heteroatoms. The Morgan fingerprint density at radius 2 is 2.00 bits per heavy atom. The number of carbonyl (C=O) groups excluding carboxylic acids is 1. The zero-order valence-electron chi connectivity index (χ0n) is 8.78. The molecule has 3 nitrogen and oxygen atoms in total. The Bertz CT molecular complexity index is 540. The average Bonchev–Trinajstić information content (AvgIpc) is 2.27. The molecule has 0 heterocycles. The number of hydrogen-bond donors (Lipinski definition) is 0. The third-order valence-electron chi connectivity index (χ3n) is 2.12. The van der Waals surface area contributed by atoms with Crippen LogP contribution in [0.2, 0.25) is 0 Å². The van der Waals surface area contributed by atoms with Crippen LogP contribution in [-0.4, -0.2) is 23.6 Å². The zero-order valence-corrected chi connectivity index (χ0v) is 11.1. The summed E-state index contributed by atoms with van der Waals surface area (Å²) in [5, 5.41) is 0. The minimum absolute atomic E-state index is 0.188. The van der Waals surface area contributed by atoms with E-state index in [1.165, 1.54) is 19.1 Å². The molecule has 0 fully saturated rings. The Labute approximate surface area is 108 Å². The van der Waals surface area contributed by atoms with Gasteiger partial charge >= 0.3 is 0 Å². The van der Waals surface area contributed by atoms with Gasteiger partial charge in [-0.25, -0.2) is 12.8 Å². The van der Waals surface area contributed by atoms with E-state index in [4.69, 9.17) is 23.2 Å². The van der Waals surface area contributed by atoms with Crippen LogP contribution in [0.25, 0.3) is 0 Å². The van der Waals surface area contributed by atoms with E-state index in [2.05, 4.69) is 0 Å². The summed E-state index contributed by atoms with van der Waals surface area (Å²) in [7, 11) is -4.00. The molecular weight excluding hydrogens is 290 g/mol. The van der Waals surface area contributed by atoms with Crippen molar-refractivity contribution in [3.05, 3.63) is 35.6 Å². The number of halogens is 3. The van der Waals surface area contributed by atoms with Gasteiger partial charge in [0.1, 0.15) is 5.82 Å². The maximum absolute atomic E-state index is 12.9. The van der Waals surface area contributed by atoms with E-state index in [1.807, 2.05) is 0 Å². The van der Waals surface area contributed by atoms with Crippen LogP contribution in [0.15, 0.2) is 24.3 Å². The lowest BCUT2D eigenvalue weighted by atomic mass is 10.1. The second-order valence-corrected chi connectivity index (χ2v) is 7.45. The van der Waals surface area contributed by atoms with Gasteiger partial charge in [-0.3, -0.25) is 4.79 Å². The van der Waals surface area contributed by atoms with Gasteiger partial charge in [-0.05, 0) is 12.1 Å². The SMILES string of the molecule is CCS(=O)(=O)C(Cl)(Cl)C(=O)c1cccc(F)c1. The lowest BCUT2D eigenvalue weighted by molar-refractivity contribution is 0.0995. The Kier molecular flexibility index (Phi) is 4.17. The second kappa shape index (κ2) is 4.92. The molecule has 0 aliphatic rings. The van der Waals surface area contributed by atoms with Gasteiger partial charge in [0.25, 0.3) is 3.67 Å². The van der Waals surface area contributed by atoms with Gasteiger partial charge < -0.3 is 0 Å². The molecule has 17 heavy (non-hydrogen) atoms. The summed E-state index contributed by atoms with van der Waals surface area (Å²) in [4.78, 5) is 11.8. The van der Waals surface area contributed by atoms with Gasteiger partial charge in [-0.2, -0.15) is 0 Å². The lowest BCUT2D eigenvalue weighted by Crippen LogP contribution is -2.36. The highest BCUT2D eigenvalue weighted by molar-refractivity contribution is 7.96. The minimum Gasteiger partial charge on any atom is -0.290 e. The van der Waals surface area contributed by atoms with Crippen molar-refractivity contribution in [3.63, 3.8) is 0 Å². The van der Waals surface area contributed by atoms with E-state index in [-0.39, 0.29) is 11.3 Å². The number of rotatable bonds is 4. The van der Waals surface area contributed by atoms with Crippen molar-refractivity contribution in [3.8, 4) is 0 Å². The Balaban J connectivity index is 3.23. The summed E-state index contributed by atoms with van der Waals surface area (Å²) in [5.41, 5.74) is -0.188. The first kappa shape index (κ1) is 14.4. The number of sulfone groups is 1. The monoisotopic (exact) mass is 298 g/mol. The number of carbonyl (C=O) groups is 1. The van der Waals surface area contributed by atoms with Crippen molar-refractivity contribution < 1.29 is 17.6 Å². The van der Waals surface area contributed by atoms with Gasteiger partial charge in [0.05, 0.1) is 5.75 Å². The van der Waals surface area contributed by atoms with Crippen LogP contribution in [0.5, 0.6) is 0 Å². The summed E-state index contributed by atoms with van der Waals surface area (Å²) in [6.45, 7) is 1.31. The normalized spacial score (nSPS) is 12.5.